The van der Waals surface area contributed by atoms with Crippen molar-refractivity contribution in [2.75, 3.05) is 0 Å². The molecule has 1 heterocycles. The van der Waals surface area contributed by atoms with Crippen LogP contribution >= 0.6 is 0 Å². The zero-order chi connectivity index (χ0) is 12.5. The van der Waals surface area contributed by atoms with Crippen LogP contribution in [-0.4, -0.2) is 19.9 Å². The van der Waals surface area contributed by atoms with Gasteiger partial charge in [-0.3, -0.25) is 0 Å². The second-order valence-corrected chi connectivity index (χ2v) is 5.77. The first-order valence-electron chi connectivity index (χ1n) is 6.62. The summed E-state index contributed by atoms with van der Waals surface area (Å²) in [5.41, 5.74) is -0.0298. The van der Waals surface area contributed by atoms with Crippen LogP contribution in [-0.2, 0) is 0 Å². The van der Waals surface area contributed by atoms with Crippen LogP contribution in [0.1, 0.15) is 70.8 Å². The lowest BCUT2D eigenvalue weighted by atomic mass is 9.71. The van der Waals surface area contributed by atoms with Crippen molar-refractivity contribution < 1.29 is 5.11 Å². The fraction of sp³-hybridized carbons (Fsp3) is 0.846. The molecule has 0 aliphatic heterocycles. The monoisotopic (exact) mass is 237 g/mol. The molecule has 96 valence electrons. The molecule has 0 saturated heterocycles. The summed E-state index contributed by atoms with van der Waals surface area (Å²) in [5, 5.41) is 14.8. The molecule has 1 aromatic rings. The van der Waals surface area contributed by atoms with E-state index >= 15 is 0 Å². The molecule has 1 aliphatic carbocycles. The van der Waals surface area contributed by atoms with E-state index in [4.69, 9.17) is 0 Å². The Hall–Kier alpha value is -0.900. The van der Waals surface area contributed by atoms with Gasteiger partial charge in [0.25, 0.3) is 0 Å². The Morgan fingerprint density at radius 3 is 2.53 bits per heavy atom. The van der Waals surface area contributed by atoms with Crippen molar-refractivity contribution in [1.82, 2.24) is 14.8 Å². The molecule has 1 atom stereocenters. The van der Waals surface area contributed by atoms with Gasteiger partial charge in [-0.25, -0.2) is 9.67 Å². The largest absolute Gasteiger partial charge is 0.385 e. The zero-order valence-electron chi connectivity index (χ0n) is 11.1. The lowest BCUT2D eigenvalue weighted by Crippen LogP contribution is -2.30. The highest BCUT2D eigenvalue weighted by Gasteiger charge is 2.38. The van der Waals surface area contributed by atoms with E-state index in [1.165, 1.54) is 19.3 Å². The number of hydrogen-bond acceptors (Lipinski definition) is 3. The molecule has 1 saturated carbocycles. The maximum atomic E-state index is 10.6. The first-order chi connectivity index (χ1) is 8.04. The van der Waals surface area contributed by atoms with E-state index in [-0.39, 0.29) is 11.5 Å². The average Bonchev–Trinajstić information content (AvgIpc) is 2.77. The van der Waals surface area contributed by atoms with E-state index in [9.17, 15) is 5.11 Å². The molecule has 1 N–H and O–H groups in total. The van der Waals surface area contributed by atoms with Crippen molar-refractivity contribution in [3.63, 3.8) is 0 Å². The fourth-order valence-electron chi connectivity index (χ4n) is 2.80. The van der Waals surface area contributed by atoms with Gasteiger partial charge in [0.1, 0.15) is 12.4 Å². The summed E-state index contributed by atoms with van der Waals surface area (Å²) >= 11 is 0. The van der Waals surface area contributed by atoms with E-state index in [2.05, 4.69) is 30.9 Å². The van der Waals surface area contributed by atoms with Crippen LogP contribution < -0.4 is 0 Å². The number of rotatable bonds is 3. The Bertz CT molecular complexity index is 366. The molecule has 1 unspecified atom stereocenters. The first kappa shape index (κ1) is 12.6. The van der Waals surface area contributed by atoms with Crippen LogP contribution in [0, 0.1) is 5.41 Å². The topological polar surface area (TPSA) is 50.9 Å². The molecule has 1 aliphatic rings. The second-order valence-electron chi connectivity index (χ2n) is 5.77. The summed E-state index contributed by atoms with van der Waals surface area (Å²) in [5.74, 6) is 0.726. The molecule has 0 bridgehead atoms. The maximum Gasteiger partial charge on any atom is 0.156 e. The maximum absolute atomic E-state index is 10.6. The zero-order valence-corrected chi connectivity index (χ0v) is 11.1. The number of nitrogens with zero attached hydrogens (tertiary/aromatic N) is 3. The molecule has 1 fully saturated rings. The summed E-state index contributed by atoms with van der Waals surface area (Å²) < 4.78 is 1.84. The lowest BCUT2D eigenvalue weighted by Gasteiger charge is -2.37. The summed E-state index contributed by atoms with van der Waals surface area (Å²) in [6, 6.07) is 0.245. The normalized spacial score (nSPS) is 21.7. The van der Waals surface area contributed by atoms with Crippen molar-refractivity contribution in [3.05, 3.63) is 12.2 Å². The summed E-state index contributed by atoms with van der Waals surface area (Å²) in [7, 11) is 0. The number of aliphatic hydroxyl groups excluding tert-OH is 1. The van der Waals surface area contributed by atoms with E-state index < -0.39 is 6.10 Å². The van der Waals surface area contributed by atoms with Gasteiger partial charge in [0.2, 0.25) is 0 Å². The highest BCUT2D eigenvalue weighted by molar-refractivity contribution is 5.00. The van der Waals surface area contributed by atoms with Crippen molar-refractivity contribution in [3.8, 4) is 0 Å². The third-order valence-electron chi connectivity index (χ3n) is 3.99. The molecule has 0 aromatic carbocycles. The lowest BCUT2D eigenvalue weighted by molar-refractivity contribution is -0.00159. The first-order valence-corrected chi connectivity index (χ1v) is 6.62. The van der Waals surface area contributed by atoms with Gasteiger partial charge in [-0.05, 0) is 26.7 Å². The van der Waals surface area contributed by atoms with Gasteiger partial charge in [-0.1, -0.05) is 26.2 Å². The molecule has 17 heavy (non-hydrogen) atoms. The van der Waals surface area contributed by atoms with Gasteiger partial charge in [-0.15, -0.1) is 0 Å². The summed E-state index contributed by atoms with van der Waals surface area (Å²) in [4.78, 5) is 4.26. The molecule has 4 nitrogen and oxygen atoms in total. The molecule has 0 radical (unpaired) electrons. The van der Waals surface area contributed by atoms with Gasteiger partial charge >= 0.3 is 0 Å². The molecule has 0 amide bonds. The second kappa shape index (κ2) is 4.77. The Balaban J connectivity index is 2.23. The van der Waals surface area contributed by atoms with Crippen LogP contribution in [0.2, 0.25) is 0 Å². The molecule has 2 rings (SSSR count). The average molecular weight is 237 g/mol. The summed E-state index contributed by atoms with van der Waals surface area (Å²) in [6.45, 7) is 6.30. The molecular weight excluding hydrogens is 214 g/mol. The predicted molar refractivity (Wildman–Crippen MR) is 66.6 cm³/mol. The molecule has 0 spiro atoms. The van der Waals surface area contributed by atoms with E-state index in [0.717, 1.165) is 18.7 Å². The Labute approximate surface area is 103 Å². The fourth-order valence-corrected chi connectivity index (χ4v) is 2.80. The van der Waals surface area contributed by atoms with Gasteiger partial charge in [0.05, 0.1) is 0 Å². The SMILES string of the molecule is CC(C)n1ncnc1C(O)C1(C)CCCCC1. The van der Waals surface area contributed by atoms with E-state index in [1.54, 1.807) is 6.33 Å². The third kappa shape index (κ3) is 2.37. The van der Waals surface area contributed by atoms with Crippen molar-refractivity contribution in [2.45, 2.75) is 65.0 Å². The van der Waals surface area contributed by atoms with Gasteiger partial charge in [-0.2, -0.15) is 5.10 Å². The Kier molecular flexibility index (Phi) is 3.52. The number of aromatic nitrogens is 3. The molecule has 1 aromatic heterocycles. The van der Waals surface area contributed by atoms with Crippen molar-refractivity contribution in [2.24, 2.45) is 5.41 Å². The standard InChI is InChI=1S/C13H23N3O/c1-10(2)16-12(14-9-15-16)11(17)13(3)7-5-4-6-8-13/h9-11,17H,4-8H2,1-3H3. The Morgan fingerprint density at radius 2 is 1.94 bits per heavy atom. The van der Waals surface area contributed by atoms with Crippen LogP contribution in [0.5, 0.6) is 0 Å². The van der Waals surface area contributed by atoms with Gasteiger partial charge < -0.3 is 5.11 Å². The van der Waals surface area contributed by atoms with E-state index in [0.29, 0.717) is 0 Å². The molecule has 4 heteroatoms. The van der Waals surface area contributed by atoms with Gasteiger partial charge in [0, 0.05) is 11.5 Å². The van der Waals surface area contributed by atoms with Gasteiger partial charge in [0.15, 0.2) is 5.82 Å². The van der Waals surface area contributed by atoms with Crippen LogP contribution in [0.4, 0.5) is 0 Å². The number of hydrogen-bond donors (Lipinski definition) is 1. The minimum absolute atomic E-state index is 0.0298. The predicted octanol–water partition coefficient (Wildman–Crippen LogP) is 2.86. The van der Waals surface area contributed by atoms with Crippen molar-refractivity contribution in [1.29, 1.82) is 0 Å². The highest BCUT2D eigenvalue weighted by Crippen LogP contribution is 2.45. The van der Waals surface area contributed by atoms with Crippen LogP contribution in [0.25, 0.3) is 0 Å². The van der Waals surface area contributed by atoms with Crippen LogP contribution in [0.15, 0.2) is 6.33 Å². The minimum Gasteiger partial charge on any atom is -0.385 e. The number of aliphatic hydroxyl groups is 1. The minimum atomic E-state index is -0.493. The summed E-state index contributed by atoms with van der Waals surface area (Å²) in [6.07, 6.45) is 6.93. The van der Waals surface area contributed by atoms with Crippen molar-refractivity contribution >= 4 is 0 Å². The van der Waals surface area contributed by atoms with E-state index in [1.807, 2.05) is 4.68 Å². The van der Waals surface area contributed by atoms with Crippen LogP contribution in [0.3, 0.4) is 0 Å². The quantitative estimate of drug-likeness (QED) is 0.879. The smallest absolute Gasteiger partial charge is 0.156 e. The molecular formula is C13H23N3O. The third-order valence-corrected chi connectivity index (χ3v) is 3.99. The Morgan fingerprint density at radius 1 is 1.29 bits per heavy atom. The highest BCUT2D eigenvalue weighted by atomic mass is 16.3.